The van der Waals surface area contributed by atoms with Crippen molar-refractivity contribution in [1.82, 2.24) is 25.3 Å². The number of rotatable bonds is 7. The molecule has 0 bridgehead atoms. The lowest BCUT2D eigenvalue weighted by Crippen LogP contribution is -2.55. The number of methoxy groups -OCH3 is 1. The summed E-state index contributed by atoms with van der Waals surface area (Å²) < 4.78 is 19.5. The quantitative estimate of drug-likeness (QED) is 0.414. The van der Waals surface area contributed by atoms with Gasteiger partial charge in [-0.15, -0.1) is 0 Å². The van der Waals surface area contributed by atoms with E-state index in [1.165, 1.54) is 0 Å². The van der Waals surface area contributed by atoms with Gasteiger partial charge in [-0.1, -0.05) is 52.8 Å². The van der Waals surface area contributed by atoms with E-state index in [4.69, 9.17) is 24.3 Å². The average Bonchev–Trinajstić information content (AvgIpc) is 3.43. The molecule has 44 heavy (non-hydrogen) atoms. The van der Waals surface area contributed by atoms with Crippen LogP contribution in [0.2, 0.25) is 0 Å². The van der Waals surface area contributed by atoms with Crippen molar-refractivity contribution in [1.29, 1.82) is 0 Å². The van der Waals surface area contributed by atoms with Gasteiger partial charge in [0.05, 0.1) is 36.8 Å². The Hall–Kier alpha value is -3.57. The number of guanidine groups is 1. The van der Waals surface area contributed by atoms with Crippen LogP contribution < -0.4 is 16.0 Å². The van der Waals surface area contributed by atoms with Gasteiger partial charge < -0.3 is 29.7 Å². The molecule has 1 aromatic heterocycles. The Labute approximate surface area is 261 Å². The van der Waals surface area contributed by atoms with E-state index >= 15 is 0 Å². The van der Waals surface area contributed by atoms with Crippen molar-refractivity contribution in [3.8, 4) is 0 Å². The number of carbonyl (C=O) groups is 1. The van der Waals surface area contributed by atoms with Crippen LogP contribution in [0.3, 0.4) is 0 Å². The molecule has 11 heteroatoms. The SMILES string of the molecule is COC1(C)C=CC(n2nc(C(C)(C)C)cc2NC(=O)NCC2=CCC(C)C=C2OC2NC(N3CCOCC3)=NCC2C)=CC1. The van der Waals surface area contributed by atoms with Crippen molar-refractivity contribution in [3.05, 3.63) is 53.5 Å². The highest BCUT2D eigenvalue weighted by Gasteiger charge is 2.30. The van der Waals surface area contributed by atoms with E-state index in [1.54, 1.807) is 11.8 Å². The fraction of sp³-hybridized carbons (Fsp3) is 0.606. The third kappa shape index (κ3) is 7.55. The molecular formula is C33H49N7O4. The molecule has 2 amide bonds. The minimum absolute atomic E-state index is 0.185. The fourth-order valence-corrected chi connectivity index (χ4v) is 5.41. The number of hydrogen-bond donors (Lipinski definition) is 3. The topological polar surface area (TPSA) is 114 Å². The van der Waals surface area contributed by atoms with Crippen LogP contribution >= 0.6 is 0 Å². The van der Waals surface area contributed by atoms with Crippen LogP contribution in [0.15, 0.2) is 52.8 Å². The summed E-state index contributed by atoms with van der Waals surface area (Å²) in [5.41, 5.74) is 2.20. The molecule has 240 valence electrons. The smallest absolute Gasteiger partial charge is 0.320 e. The van der Waals surface area contributed by atoms with E-state index in [9.17, 15) is 4.79 Å². The second-order valence-corrected chi connectivity index (χ2v) is 13.5. The summed E-state index contributed by atoms with van der Waals surface area (Å²) in [6.45, 7) is 16.7. The van der Waals surface area contributed by atoms with Gasteiger partial charge >= 0.3 is 6.03 Å². The molecule has 0 radical (unpaired) electrons. The lowest BCUT2D eigenvalue weighted by atomic mass is 9.92. The van der Waals surface area contributed by atoms with E-state index in [1.807, 2.05) is 25.1 Å². The summed E-state index contributed by atoms with van der Waals surface area (Å²) in [6.07, 6.45) is 11.8. The number of carbonyl (C=O) groups excluding carboxylic acids is 1. The molecule has 5 rings (SSSR count). The third-order valence-corrected chi connectivity index (χ3v) is 8.56. The first kappa shape index (κ1) is 31.8. The van der Waals surface area contributed by atoms with Crippen molar-refractivity contribution in [2.24, 2.45) is 16.8 Å². The number of amides is 2. The van der Waals surface area contributed by atoms with Crippen LogP contribution in [-0.2, 0) is 19.6 Å². The number of morpholine rings is 1. The highest BCUT2D eigenvalue weighted by molar-refractivity contribution is 5.89. The van der Waals surface area contributed by atoms with Gasteiger partial charge in [-0.3, -0.25) is 10.3 Å². The second-order valence-electron chi connectivity index (χ2n) is 13.5. The Kier molecular flexibility index (Phi) is 9.55. The molecule has 0 aromatic carbocycles. The van der Waals surface area contributed by atoms with Gasteiger partial charge in [-0.25, -0.2) is 9.48 Å². The maximum absolute atomic E-state index is 13.3. The monoisotopic (exact) mass is 607 g/mol. The maximum atomic E-state index is 13.3. The summed E-state index contributed by atoms with van der Waals surface area (Å²) in [6, 6.07) is 1.64. The first-order valence-electron chi connectivity index (χ1n) is 15.8. The van der Waals surface area contributed by atoms with Crippen molar-refractivity contribution < 1.29 is 19.0 Å². The van der Waals surface area contributed by atoms with E-state index in [0.717, 1.165) is 48.2 Å². The molecule has 2 aliphatic heterocycles. The van der Waals surface area contributed by atoms with Crippen LogP contribution in [0.5, 0.6) is 0 Å². The molecule has 4 atom stereocenters. The third-order valence-electron chi connectivity index (χ3n) is 8.56. The Bertz CT molecular complexity index is 1360. The largest absolute Gasteiger partial charge is 0.470 e. The average molecular weight is 608 g/mol. The van der Waals surface area contributed by atoms with Crippen molar-refractivity contribution in [2.45, 2.75) is 71.6 Å². The molecule has 3 heterocycles. The standard InChI is InChI=1S/C33H49N7O4/c1-22-8-9-24(26(18-22)44-29-23(2)20-34-30(37-29)39-14-16-43-17-15-39)21-35-31(41)36-28-19-27(32(3,4)5)38-40(28)25-10-12-33(6,42-7)13-11-25/h9-12,18-19,22-23,29H,8,13-17,20-21H2,1-7H3,(H,34,37)(H2,35,36,41). The number of hydrogen-bond acceptors (Lipinski definition) is 8. The summed E-state index contributed by atoms with van der Waals surface area (Å²) in [7, 11) is 1.71. The predicted molar refractivity (Wildman–Crippen MR) is 173 cm³/mol. The molecule has 0 spiro atoms. The number of allylic oxidation sites excluding steroid dienone is 4. The predicted octanol–water partition coefficient (Wildman–Crippen LogP) is 4.63. The summed E-state index contributed by atoms with van der Waals surface area (Å²) in [5, 5.41) is 14.5. The van der Waals surface area contributed by atoms with Crippen molar-refractivity contribution in [3.63, 3.8) is 0 Å². The zero-order valence-corrected chi connectivity index (χ0v) is 27.3. The number of nitrogens with zero attached hydrogens (tertiary/aromatic N) is 4. The Morgan fingerprint density at radius 2 is 2.00 bits per heavy atom. The second kappa shape index (κ2) is 13.2. The lowest BCUT2D eigenvalue weighted by Gasteiger charge is -2.38. The lowest BCUT2D eigenvalue weighted by molar-refractivity contribution is 0.0407. The minimum Gasteiger partial charge on any atom is -0.470 e. The first-order valence-corrected chi connectivity index (χ1v) is 15.8. The van der Waals surface area contributed by atoms with Gasteiger partial charge in [0, 0.05) is 56.1 Å². The van der Waals surface area contributed by atoms with Gasteiger partial charge in [-0.05, 0) is 31.4 Å². The van der Waals surface area contributed by atoms with Gasteiger partial charge in [0.15, 0.2) is 12.2 Å². The van der Waals surface area contributed by atoms with Gasteiger partial charge in [-0.2, -0.15) is 5.10 Å². The number of aromatic nitrogens is 2. The molecule has 4 unspecified atom stereocenters. The molecule has 2 aliphatic carbocycles. The molecular weight excluding hydrogens is 558 g/mol. The van der Waals surface area contributed by atoms with E-state index in [2.05, 4.69) is 73.7 Å². The number of nitrogens with one attached hydrogen (secondary N) is 3. The number of ether oxygens (including phenoxy) is 3. The van der Waals surface area contributed by atoms with Crippen LogP contribution in [-0.4, -0.2) is 85.0 Å². The Morgan fingerprint density at radius 3 is 2.68 bits per heavy atom. The van der Waals surface area contributed by atoms with Gasteiger partial charge in [0.2, 0.25) is 0 Å². The molecule has 1 saturated heterocycles. The first-order chi connectivity index (χ1) is 20.9. The number of aliphatic imine (C=N–C) groups is 1. The molecule has 3 N–H and O–H groups in total. The molecule has 4 aliphatic rings. The van der Waals surface area contributed by atoms with E-state index < -0.39 is 0 Å². The van der Waals surface area contributed by atoms with E-state index in [-0.39, 0.29) is 29.2 Å². The highest BCUT2D eigenvalue weighted by Crippen LogP contribution is 2.31. The van der Waals surface area contributed by atoms with E-state index in [0.29, 0.717) is 44.5 Å². The molecule has 11 nitrogen and oxygen atoms in total. The van der Waals surface area contributed by atoms with Crippen LogP contribution in [0.4, 0.5) is 10.6 Å². The normalized spacial score (nSPS) is 27.4. The Morgan fingerprint density at radius 1 is 1.23 bits per heavy atom. The summed E-state index contributed by atoms with van der Waals surface area (Å²) in [5.74, 6) is 2.81. The van der Waals surface area contributed by atoms with Crippen molar-refractivity contribution >= 4 is 23.5 Å². The van der Waals surface area contributed by atoms with Crippen LogP contribution in [0.25, 0.3) is 5.70 Å². The van der Waals surface area contributed by atoms with Crippen LogP contribution in [0, 0.1) is 11.8 Å². The summed E-state index contributed by atoms with van der Waals surface area (Å²) in [4.78, 5) is 20.3. The molecule has 1 aromatic rings. The molecule has 1 fully saturated rings. The van der Waals surface area contributed by atoms with Gasteiger partial charge in [0.25, 0.3) is 0 Å². The zero-order valence-electron chi connectivity index (χ0n) is 27.3. The maximum Gasteiger partial charge on any atom is 0.320 e. The highest BCUT2D eigenvalue weighted by atomic mass is 16.5. The molecule has 0 saturated carbocycles. The number of urea groups is 1. The van der Waals surface area contributed by atoms with Crippen LogP contribution in [0.1, 0.15) is 60.1 Å². The van der Waals surface area contributed by atoms with Gasteiger partial charge in [0.1, 0.15) is 11.6 Å². The zero-order chi connectivity index (χ0) is 31.5. The Balaban J connectivity index is 1.24. The number of anilines is 1. The fourth-order valence-electron chi connectivity index (χ4n) is 5.41. The minimum atomic E-state index is -0.352. The summed E-state index contributed by atoms with van der Waals surface area (Å²) >= 11 is 0. The van der Waals surface area contributed by atoms with Crippen molar-refractivity contribution in [2.75, 3.05) is 51.8 Å².